The highest BCUT2D eigenvalue weighted by molar-refractivity contribution is 9.10. The zero-order valence-electron chi connectivity index (χ0n) is 12.6. The van der Waals surface area contributed by atoms with E-state index < -0.39 is 0 Å². The van der Waals surface area contributed by atoms with Gasteiger partial charge in [0.15, 0.2) is 5.78 Å². The fourth-order valence-electron chi connectivity index (χ4n) is 2.02. The Morgan fingerprint density at radius 3 is 2.46 bits per heavy atom. The predicted molar refractivity (Wildman–Crippen MR) is 93.5 cm³/mol. The second-order valence-electron chi connectivity index (χ2n) is 5.01. The highest BCUT2D eigenvalue weighted by Crippen LogP contribution is 2.28. The lowest BCUT2D eigenvalue weighted by molar-refractivity contribution is 0.0993. The van der Waals surface area contributed by atoms with Crippen molar-refractivity contribution in [1.82, 2.24) is 10.2 Å². The van der Waals surface area contributed by atoms with Gasteiger partial charge >= 0.3 is 0 Å². The first kappa shape index (κ1) is 16.9. The number of thioether (sulfide) groups is 1. The minimum atomic E-state index is -0.368. The number of aromatic nitrogens is 2. The van der Waals surface area contributed by atoms with Gasteiger partial charge in [-0.25, -0.2) is 4.39 Å². The van der Waals surface area contributed by atoms with Gasteiger partial charge in [0, 0.05) is 15.6 Å². The van der Waals surface area contributed by atoms with Gasteiger partial charge in [-0.15, -0.1) is 10.2 Å². The average molecular weight is 407 g/mol. The molecule has 24 heavy (non-hydrogen) atoms. The van der Waals surface area contributed by atoms with Crippen LogP contribution in [0.3, 0.4) is 0 Å². The molecule has 0 radical (unpaired) electrons. The summed E-state index contributed by atoms with van der Waals surface area (Å²) in [6.45, 7) is 1.79. The number of carbonyl (C=O) groups is 1. The molecule has 3 rings (SSSR count). The Morgan fingerprint density at radius 2 is 1.79 bits per heavy atom. The second kappa shape index (κ2) is 7.27. The van der Waals surface area contributed by atoms with Crippen LogP contribution in [-0.4, -0.2) is 21.2 Å². The van der Waals surface area contributed by atoms with Gasteiger partial charge in [-0.3, -0.25) is 4.79 Å². The van der Waals surface area contributed by atoms with Gasteiger partial charge in [0.05, 0.1) is 5.25 Å². The van der Waals surface area contributed by atoms with Gasteiger partial charge in [-0.1, -0.05) is 39.8 Å². The molecule has 1 unspecified atom stereocenters. The summed E-state index contributed by atoms with van der Waals surface area (Å²) in [5.41, 5.74) is 1.25. The number of halogens is 2. The van der Waals surface area contributed by atoms with Crippen LogP contribution in [0.25, 0.3) is 11.5 Å². The molecule has 1 aromatic heterocycles. The Balaban J connectivity index is 1.70. The molecule has 0 N–H and O–H groups in total. The van der Waals surface area contributed by atoms with Crippen molar-refractivity contribution >= 4 is 33.5 Å². The van der Waals surface area contributed by atoms with Crippen molar-refractivity contribution < 1.29 is 13.6 Å². The minimum absolute atomic E-state index is 0.0194. The molecule has 0 bridgehead atoms. The van der Waals surface area contributed by atoms with Crippen LogP contribution < -0.4 is 0 Å². The zero-order valence-corrected chi connectivity index (χ0v) is 15.0. The highest BCUT2D eigenvalue weighted by Gasteiger charge is 2.20. The maximum atomic E-state index is 12.9. The molecule has 0 aliphatic carbocycles. The van der Waals surface area contributed by atoms with Gasteiger partial charge in [0.2, 0.25) is 5.89 Å². The first-order valence-electron chi connectivity index (χ1n) is 7.09. The number of Topliss-reactive ketones (excluding diaryl/α,β-unsaturated/α-hetero) is 1. The van der Waals surface area contributed by atoms with Crippen molar-refractivity contribution in [1.29, 1.82) is 0 Å². The van der Waals surface area contributed by atoms with Crippen LogP contribution in [0.2, 0.25) is 0 Å². The van der Waals surface area contributed by atoms with Crippen LogP contribution in [0.5, 0.6) is 0 Å². The Bertz CT molecular complexity index is 850. The topological polar surface area (TPSA) is 56.0 Å². The summed E-state index contributed by atoms with van der Waals surface area (Å²) in [4.78, 5) is 12.4. The van der Waals surface area contributed by atoms with E-state index in [0.717, 1.165) is 4.47 Å². The summed E-state index contributed by atoms with van der Waals surface area (Å²) >= 11 is 4.54. The second-order valence-corrected chi connectivity index (χ2v) is 7.22. The molecule has 7 heteroatoms. The lowest BCUT2D eigenvalue weighted by Crippen LogP contribution is -2.13. The summed E-state index contributed by atoms with van der Waals surface area (Å²) in [5.74, 6) is -0.0589. The Hall–Kier alpha value is -1.99. The van der Waals surface area contributed by atoms with Crippen molar-refractivity contribution in [2.24, 2.45) is 0 Å². The van der Waals surface area contributed by atoms with E-state index >= 15 is 0 Å². The first-order chi connectivity index (χ1) is 11.5. The Kier molecular flexibility index (Phi) is 5.11. The van der Waals surface area contributed by atoms with Crippen molar-refractivity contribution in [2.45, 2.75) is 17.4 Å². The van der Waals surface area contributed by atoms with Crippen LogP contribution in [0.15, 0.2) is 62.6 Å². The average Bonchev–Trinajstić information content (AvgIpc) is 3.04. The molecule has 1 heterocycles. The summed E-state index contributed by atoms with van der Waals surface area (Å²) in [6, 6.07) is 13.0. The number of ketones is 1. The molecule has 1 atom stereocenters. The fraction of sp³-hybridized carbons (Fsp3) is 0.118. The molecular formula is C17H12BrFN2O2S. The van der Waals surface area contributed by atoms with Crippen LogP contribution in [-0.2, 0) is 0 Å². The molecule has 0 aliphatic heterocycles. The van der Waals surface area contributed by atoms with Gasteiger partial charge in [-0.05, 0) is 43.3 Å². The molecule has 0 saturated carbocycles. The molecule has 4 nitrogen and oxygen atoms in total. The molecule has 0 saturated heterocycles. The predicted octanol–water partition coefficient (Wildman–Crippen LogP) is 5.00. The van der Waals surface area contributed by atoms with Gasteiger partial charge in [0.25, 0.3) is 5.22 Å². The van der Waals surface area contributed by atoms with Crippen LogP contribution in [0, 0.1) is 5.82 Å². The highest BCUT2D eigenvalue weighted by atomic mass is 79.9. The molecular weight excluding hydrogens is 395 g/mol. The number of hydrogen-bond acceptors (Lipinski definition) is 5. The molecule has 0 aliphatic rings. The molecule has 2 aromatic carbocycles. The standard InChI is InChI=1S/C17H12BrFN2O2S/c1-10(15(22)11-2-6-13(18)7-3-11)24-17-21-20-16(23-17)12-4-8-14(19)9-5-12/h2-10H,1H3. The van der Waals surface area contributed by atoms with E-state index in [0.29, 0.717) is 22.2 Å². The van der Waals surface area contributed by atoms with Crippen molar-refractivity contribution in [3.8, 4) is 11.5 Å². The molecule has 0 fully saturated rings. The molecule has 3 aromatic rings. The largest absolute Gasteiger partial charge is 0.411 e. The third-order valence-corrected chi connectivity index (χ3v) is 4.74. The number of carbonyl (C=O) groups excluding carboxylic acids is 1. The Morgan fingerprint density at radius 1 is 1.12 bits per heavy atom. The normalized spacial score (nSPS) is 12.1. The van der Waals surface area contributed by atoms with Crippen LogP contribution in [0.1, 0.15) is 17.3 Å². The maximum Gasteiger partial charge on any atom is 0.277 e. The van der Waals surface area contributed by atoms with E-state index in [4.69, 9.17) is 4.42 Å². The fourth-order valence-corrected chi connectivity index (χ4v) is 3.05. The lowest BCUT2D eigenvalue weighted by atomic mass is 10.1. The number of benzene rings is 2. The SMILES string of the molecule is CC(Sc1nnc(-c2ccc(F)cc2)o1)C(=O)c1ccc(Br)cc1. The van der Waals surface area contributed by atoms with E-state index in [2.05, 4.69) is 26.1 Å². The quantitative estimate of drug-likeness (QED) is 0.440. The van der Waals surface area contributed by atoms with Gasteiger partial charge < -0.3 is 4.42 Å². The smallest absolute Gasteiger partial charge is 0.277 e. The summed E-state index contributed by atoms with van der Waals surface area (Å²) in [5, 5.41) is 7.80. The van der Waals surface area contributed by atoms with Gasteiger partial charge in [-0.2, -0.15) is 0 Å². The van der Waals surface area contributed by atoms with Crippen molar-refractivity contribution in [2.75, 3.05) is 0 Å². The molecule has 0 spiro atoms. The number of hydrogen-bond donors (Lipinski definition) is 0. The monoisotopic (exact) mass is 406 g/mol. The van der Waals surface area contributed by atoms with E-state index in [9.17, 15) is 9.18 Å². The number of nitrogens with zero attached hydrogens (tertiary/aromatic N) is 2. The Labute approximate surface area is 150 Å². The van der Waals surface area contributed by atoms with Crippen LogP contribution in [0.4, 0.5) is 4.39 Å². The lowest BCUT2D eigenvalue weighted by Gasteiger charge is -2.07. The van der Waals surface area contributed by atoms with Crippen molar-refractivity contribution in [3.05, 3.63) is 64.4 Å². The molecule has 0 amide bonds. The molecule has 122 valence electrons. The maximum absolute atomic E-state index is 12.9. The van der Waals surface area contributed by atoms with E-state index in [1.54, 1.807) is 31.2 Å². The van der Waals surface area contributed by atoms with Crippen LogP contribution >= 0.6 is 27.7 Å². The summed E-state index contributed by atoms with van der Waals surface area (Å²) < 4.78 is 19.4. The third kappa shape index (κ3) is 3.91. The van der Waals surface area contributed by atoms with Crippen molar-refractivity contribution in [3.63, 3.8) is 0 Å². The summed E-state index contributed by atoms with van der Waals surface area (Å²) in [7, 11) is 0. The third-order valence-electron chi connectivity index (χ3n) is 3.27. The van der Waals surface area contributed by atoms with E-state index in [1.165, 1.54) is 23.9 Å². The van der Waals surface area contributed by atoms with Gasteiger partial charge in [0.1, 0.15) is 5.82 Å². The summed E-state index contributed by atoms with van der Waals surface area (Å²) in [6.07, 6.45) is 0. The minimum Gasteiger partial charge on any atom is -0.411 e. The number of rotatable bonds is 5. The zero-order chi connectivity index (χ0) is 17.1. The van der Waals surface area contributed by atoms with E-state index in [-0.39, 0.29) is 16.9 Å². The van der Waals surface area contributed by atoms with E-state index in [1.807, 2.05) is 12.1 Å². The first-order valence-corrected chi connectivity index (χ1v) is 8.76.